The average molecular weight is 363 g/mol. The van der Waals surface area contributed by atoms with Gasteiger partial charge >= 0.3 is 7.60 Å². The third-order valence-corrected chi connectivity index (χ3v) is 6.11. The van der Waals surface area contributed by atoms with Crippen molar-refractivity contribution in [1.82, 2.24) is 4.57 Å². The van der Waals surface area contributed by atoms with Crippen molar-refractivity contribution in [2.24, 2.45) is 0 Å². The van der Waals surface area contributed by atoms with Crippen LogP contribution >= 0.6 is 7.60 Å². The number of rotatable bonds is 10. The van der Waals surface area contributed by atoms with Crippen LogP contribution in [-0.4, -0.2) is 23.7 Å². The lowest BCUT2D eigenvalue weighted by molar-refractivity contribution is 0.0893. The zero-order valence-corrected chi connectivity index (χ0v) is 15.7. The fourth-order valence-electron chi connectivity index (χ4n) is 2.51. The Morgan fingerprint density at radius 3 is 2.08 bits per heavy atom. The number of hydrogen-bond acceptors (Lipinski definition) is 4. The van der Waals surface area contributed by atoms with Crippen molar-refractivity contribution in [3.8, 4) is 0 Å². The number of carbonyl (C=O) groups is 1. The van der Waals surface area contributed by atoms with E-state index in [1.54, 1.807) is 24.5 Å². The summed E-state index contributed by atoms with van der Waals surface area (Å²) >= 11 is 0. The molecule has 1 aromatic carbocycles. The standard InChI is InChI=1S/C19H26NO4P/c1-3-14-23-25(22,24-15-4-2)18(17-10-6-5-7-11-17)16-19(21)20-12-8-9-13-20/h5-13,18H,3-4,14-16H2,1-2H3. The molecule has 1 aromatic heterocycles. The molecule has 6 heteroatoms. The monoisotopic (exact) mass is 363 g/mol. The topological polar surface area (TPSA) is 57.5 Å². The highest BCUT2D eigenvalue weighted by Crippen LogP contribution is 2.62. The molecule has 0 radical (unpaired) electrons. The first-order valence-electron chi connectivity index (χ1n) is 8.70. The van der Waals surface area contributed by atoms with Crippen LogP contribution in [0.2, 0.25) is 0 Å². The maximum absolute atomic E-state index is 13.5. The first kappa shape index (κ1) is 19.6. The summed E-state index contributed by atoms with van der Waals surface area (Å²) in [5, 5.41) is 0. The fourth-order valence-corrected chi connectivity index (χ4v) is 4.74. The van der Waals surface area contributed by atoms with Gasteiger partial charge in [-0.2, -0.15) is 0 Å². The van der Waals surface area contributed by atoms with E-state index in [0.717, 1.165) is 18.4 Å². The summed E-state index contributed by atoms with van der Waals surface area (Å²) in [7, 11) is -3.47. The Labute approximate surface area is 149 Å². The SMILES string of the molecule is CCCOP(=O)(OCCC)C(CC(=O)n1cccc1)c1ccccc1. The summed E-state index contributed by atoms with van der Waals surface area (Å²) in [5.41, 5.74) is 0.167. The van der Waals surface area contributed by atoms with Gasteiger partial charge in [0.2, 0.25) is 5.91 Å². The first-order valence-corrected chi connectivity index (χ1v) is 10.3. The fraction of sp³-hybridized carbons (Fsp3) is 0.421. The van der Waals surface area contributed by atoms with Crippen LogP contribution in [0, 0.1) is 0 Å². The van der Waals surface area contributed by atoms with Crippen molar-refractivity contribution >= 4 is 13.5 Å². The number of carbonyl (C=O) groups excluding carboxylic acids is 1. The molecule has 0 spiro atoms. The van der Waals surface area contributed by atoms with Gasteiger partial charge in [-0.25, -0.2) is 0 Å². The van der Waals surface area contributed by atoms with Crippen LogP contribution in [0.3, 0.4) is 0 Å². The van der Waals surface area contributed by atoms with Gasteiger partial charge in [-0.05, 0) is 30.5 Å². The lowest BCUT2D eigenvalue weighted by Gasteiger charge is -2.27. The van der Waals surface area contributed by atoms with E-state index in [-0.39, 0.29) is 12.3 Å². The molecule has 1 heterocycles. The van der Waals surface area contributed by atoms with Crippen LogP contribution in [0.15, 0.2) is 54.9 Å². The Hall–Kier alpha value is -1.68. The molecular weight excluding hydrogens is 337 g/mol. The van der Waals surface area contributed by atoms with Crippen LogP contribution in [0.25, 0.3) is 0 Å². The molecule has 5 nitrogen and oxygen atoms in total. The van der Waals surface area contributed by atoms with Crippen molar-refractivity contribution in [3.05, 3.63) is 60.4 Å². The quantitative estimate of drug-likeness (QED) is 0.537. The highest BCUT2D eigenvalue weighted by atomic mass is 31.2. The van der Waals surface area contributed by atoms with Crippen molar-refractivity contribution in [2.75, 3.05) is 13.2 Å². The molecule has 25 heavy (non-hydrogen) atoms. The Kier molecular flexibility index (Phi) is 7.63. The van der Waals surface area contributed by atoms with Crippen LogP contribution in [0.4, 0.5) is 0 Å². The van der Waals surface area contributed by atoms with E-state index in [1.165, 1.54) is 4.57 Å². The second-order valence-electron chi connectivity index (χ2n) is 5.82. The maximum Gasteiger partial charge on any atom is 0.338 e. The zero-order valence-electron chi connectivity index (χ0n) is 14.8. The summed E-state index contributed by atoms with van der Waals surface area (Å²) in [6, 6.07) is 12.9. The summed E-state index contributed by atoms with van der Waals surface area (Å²) in [6.07, 6.45) is 4.90. The van der Waals surface area contributed by atoms with E-state index < -0.39 is 13.3 Å². The molecule has 0 saturated carbocycles. The van der Waals surface area contributed by atoms with E-state index in [2.05, 4.69) is 0 Å². The van der Waals surface area contributed by atoms with Gasteiger partial charge in [-0.15, -0.1) is 0 Å². The predicted molar refractivity (Wildman–Crippen MR) is 99.0 cm³/mol. The molecular formula is C19H26NO4P. The molecule has 136 valence electrons. The third kappa shape index (κ3) is 5.40. The minimum Gasteiger partial charge on any atom is -0.308 e. The second kappa shape index (κ2) is 9.71. The summed E-state index contributed by atoms with van der Waals surface area (Å²) in [6.45, 7) is 4.57. The van der Waals surface area contributed by atoms with Gasteiger partial charge in [-0.3, -0.25) is 13.9 Å². The molecule has 1 atom stereocenters. The van der Waals surface area contributed by atoms with Gasteiger partial charge in [0, 0.05) is 18.8 Å². The molecule has 0 aliphatic carbocycles. The maximum atomic E-state index is 13.5. The lowest BCUT2D eigenvalue weighted by atomic mass is 10.1. The minimum absolute atomic E-state index is 0.0589. The molecule has 0 N–H and O–H groups in total. The Morgan fingerprint density at radius 2 is 1.56 bits per heavy atom. The van der Waals surface area contributed by atoms with Gasteiger partial charge < -0.3 is 9.05 Å². The van der Waals surface area contributed by atoms with Crippen LogP contribution in [-0.2, 0) is 13.6 Å². The first-order chi connectivity index (χ1) is 12.1. The average Bonchev–Trinajstić information content (AvgIpc) is 3.18. The molecule has 0 saturated heterocycles. The van der Waals surface area contributed by atoms with Gasteiger partial charge in [0.1, 0.15) is 0 Å². The molecule has 0 aliphatic heterocycles. The normalized spacial score (nSPS) is 12.9. The molecule has 2 rings (SSSR count). The molecule has 1 unspecified atom stereocenters. The zero-order chi connectivity index (χ0) is 18.1. The van der Waals surface area contributed by atoms with Gasteiger partial charge in [0.15, 0.2) is 0 Å². The number of nitrogens with zero attached hydrogens (tertiary/aromatic N) is 1. The highest BCUT2D eigenvalue weighted by Gasteiger charge is 2.38. The van der Waals surface area contributed by atoms with Crippen molar-refractivity contribution < 1.29 is 18.4 Å². The van der Waals surface area contributed by atoms with Gasteiger partial charge in [-0.1, -0.05) is 44.2 Å². The Bertz CT molecular complexity index is 673. The molecule has 0 amide bonds. The summed E-state index contributed by atoms with van der Waals surface area (Å²) in [4.78, 5) is 12.6. The molecule has 0 aliphatic rings. The van der Waals surface area contributed by atoms with Crippen LogP contribution in [0.1, 0.15) is 49.1 Å². The number of benzene rings is 1. The van der Waals surface area contributed by atoms with Crippen LogP contribution < -0.4 is 0 Å². The molecule has 2 aromatic rings. The molecule has 0 bridgehead atoms. The van der Waals surface area contributed by atoms with Crippen molar-refractivity contribution in [3.63, 3.8) is 0 Å². The smallest absolute Gasteiger partial charge is 0.308 e. The predicted octanol–water partition coefficient (Wildman–Crippen LogP) is 5.31. The largest absolute Gasteiger partial charge is 0.338 e. The third-order valence-electron chi connectivity index (χ3n) is 3.78. The van der Waals surface area contributed by atoms with Crippen molar-refractivity contribution in [1.29, 1.82) is 0 Å². The number of aromatic nitrogens is 1. The highest BCUT2D eigenvalue weighted by molar-refractivity contribution is 7.54. The van der Waals surface area contributed by atoms with E-state index >= 15 is 0 Å². The van der Waals surface area contributed by atoms with Gasteiger partial charge in [0.25, 0.3) is 0 Å². The number of hydrogen-bond donors (Lipinski definition) is 0. The Balaban J connectivity index is 2.33. The van der Waals surface area contributed by atoms with E-state index in [4.69, 9.17) is 9.05 Å². The van der Waals surface area contributed by atoms with Crippen LogP contribution in [0.5, 0.6) is 0 Å². The van der Waals surface area contributed by atoms with Gasteiger partial charge in [0.05, 0.1) is 18.9 Å². The lowest BCUT2D eigenvalue weighted by Crippen LogP contribution is -2.16. The summed E-state index contributed by atoms with van der Waals surface area (Å²) < 4.78 is 26.4. The second-order valence-corrected chi connectivity index (χ2v) is 8.04. The van der Waals surface area contributed by atoms with Crippen molar-refractivity contribution in [2.45, 2.75) is 38.8 Å². The Morgan fingerprint density at radius 1 is 1.00 bits per heavy atom. The van der Waals surface area contributed by atoms with E-state index in [9.17, 15) is 9.36 Å². The summed E-state index contributed by atoms with van der Waals surface area (Å²) in [5.74, 6) is -0.140. The minimum atomic E-state index is -3.47. The van der Waals surface area contributed by atoms with E-state index in [0.29, 0.717) is 13.2 Å². The van der Waals surface area contributed by atoms with E-state index in [1.807, 2.05) is 44.2 Å². The molecule has 0 fully saturated rings.